The van der Waals surface area contributed by atoms with Crippen molar-refractivity contribution in [1.29, 1.82) is 0 Å². The highest BCUT2D eigenvalue weighted by molar-refractivity contribution is 5.85. The van der Waals surface area contributed by atoms with Crippen LogP contribution in [0.3, 0.4) is 0 Å². The van der Waals surface area contributed by atoms with E-state index in [9.17, 15) is 0 Å². The van der Waals surface area contributed by atoms with Crippen LogP contribution in [0.25, 0.3) is 0 Å². The Morgan fingerprint density at radius 3 is 1.36 bits per heavy atom. The Hall–Kier alpha value is 0.250. The zero-order valence-corrected chi connectivity index (χ0v) is 7.62. The van der Waals surface area contributed by atoms with E-state index in [1.807, 2.05) is 0 Å². The standard InChI is InChI=1S/C9H15N.ClH/c10-7-8(3-1-4-8)9(7)5-2-6-9;/h7H,1-6,10H2;1H. The summed E-state index contributed by atoms with van der Waals surface area (Å²) in [5, 5.41) is 0. The van der Waals surface area contributed by atoms with Gasteiger partial charge in [-0.25, -0.2) is 0 Å². The van der Waals surface area contributed by atoms with Crippen molar-refractivity contribution in [2.75, 3.05) is 0 Å². The van der Waals surface area contributed by atoms with Gasteiger partial charge in [0.1, 0.15) is 0 Å². The summed E-state index contributed by atoms with van der Waals surface area (Å²) >= 11 is 0. The van der Waals surface area contributed by atoms with E-state index in [1.165, 1.54) is 38.5 Å². The molecular formula is C9H16ClN. The largest absolute Gasteiger partial charge is 0.327 e. The van der Waals surface area contributed by atoms with Crippen molar-refractivity contribution in [3.8, 4) is 0 Å². The van der Waals surface area contributed by atoms with E-state index >= 15 is 0 Å². The molecule has 0 aliphatic heterocycles. The van der Waals surface area contributed by atoms with Gasteiger partial charge < -0.3 is 5.73 Å². The first-order valence-corrected chi connectivity index (χ1v) is 4.57. The summed E-state index contributed by atoms with van der Waals surface area (Å²) in [5.41, 5.74) is 7.50. The van der Waals surface area contributed by atoms with E-state index < -0.39 is 0 Å². The summed E-state index contributed by atoms with van der Waals surface area (Å²) in [6, 6.07) is 0.613. The van der Waals surface area contributed by atoms with Crippen LogP contribution >= 0.6 is 12.4 Å². The second-order valence-electron chi connectivity index (χ2n) is 4.50. The molecule has 3 fully saturated rings. The molecule has 0 aromatic rings. The minimum Gasteiger partial charge on any atom is -0.327 e. The highest BCUT2D eigenvalue weighted by Crippen LogP contribution is 2.79. The summed E-state index contributed by atoms with van der Waals surface area (Å²) in [6.45, 7) is 0. The SMILES string of the molecule is Cl.NC1C2(CCC2)C12CCC2. The quantitative estimate of drug-likeness (QED) is 0.597. The van der Waals surface area contributed by atoms with Crippen LogP contribution < -0.4 is 5.73 Å². The molecule has 0 heterocycles. The van der Waals surface area contributed by atoms with Gasteiger partial charge in [0.25, 0.3) is 0 Å². The Bertz CT molecular complexity index is 162. The summed E-state index contributed by atoms with van der Waals surface area (Å²) in [5.74, 6) is 0. The fourth-order valence-electron chi connectivity index (χ4n) is 3.51. The molecule has 0 saturated heterocycles. The Morgan fingerprint density at radius 2 is 1.27 bits per heavy atom. The van der Waals surface area contributed by atoms with Crippen LogP contribution in [0, 0.1) is 10.8 Å². The molecule has 2 N–H and O–H groups in total. The third kappa shape index (κ3) is 0.561. The Labute approximate surface area is 74.1 Å². The molecule has 0 bridgehead atoms. The smallest absolute Gasteiger partial charge is 0.0164 e. The summed E-state index contributed by atoms with van der Waals surface area (Å²) in [4.78, 5) is 0. The lowest BCUT2D eigenvalue weighted by molar-refractivity contribution is 0.129. The first-order chi connectivity index (χ1) is 4.82. The van der Waals surface area contributed by atoms with Gasteiger partial charge in [0, 0.05) is 6.04 Å². The van der Waals surface area contributed by atoms with Crippen molar-refractivity contribution in [3.05, 3.63) is 0 Å². The van der Waals surface area contributed by atoms with Crippen molar-refractivity contribution in [2.24, 2.45) is 16.6 Å². The minimum absolute atomic E-state index is 0. The Kier molecular flexibility index (Phi) is 1.39. The van der Waals surface area contributed by atoms with Crippen molar-refractivity contribution in [2.45, 2.75) is 44.6 Å². The number of halogens is 1. The normalized spacial score (nSPS) is 40.6. The molecule has 11 heavy (non-hydrogen) atoms. The lowest BCUT2D eigenvalue weighted by Gasteiger charge is -2.37. The molecule has 2 spiro atoms. The number of nitrogens with two attached hydrogens (primary N) is 1. The third-order valence-electron chi connectivity index (χ3n) is 4.59. The Morgan fingerprint density at radius 1 is 0.909 bits per heavy atom. The second kappa shape index (κ2) is 1.94. The van der Waals surface area contributed by atoms with E-state index in [0.717, 1.165) is 0 Å². The molecule has 3 rings (SSSR count). The van der Waals surface area contributed by atoms with Crippen LogP contribution in [0.2, 0.25) is 0 Å². The van der Waals surface area contributed by atoms with Gasteiger partial charge in [-0.15, -0.1) is 12.4 Å². The molecular weight excluding hydrogens is 158 g/mol. The van der Waals surface area contributed by atoms with Gasteiger partial charge in [0.15, 0.2) is 0 Å². The van der Waals surface area contributed by atoms with Crippen molar-refractivity contribution in [3.63, 3.8) is 0 Å². The van der Waals surface area contributed by atoms with Gasteiger partial charge in [-0.05, 0) is 36.5 Å². The molecule has 3 aliphatic carbocycles. The molecule has 3 saturated carbocycles. The molecule has 1 nitrogen and oxygen atoms in total. The van der Waals surface area contributed by atoms with Crippen molar-refractivity contribution >= 4 is 12.4 Å². The molecule has 0 aromatic carbocycles. The first-order valence-electron chi connectivity index (χ1n) is 4.57. The van der Waals surface area contributed by atoms with Gasteiger partial charge in [-0.3, -0.25) is 0 Å². The van der Waals surface area contributed by atoms with Crippen LogP contribution in [0.1, 0.15) is 38.5 Å². The zero-order valence-electron chi connectivity index (χ0n) is 6.81. The fourth-order valence-corrected chi connectivity index (χ4v) is 3.51. The van der Waals surface area contributed by atoms with E-state index in [4.69, 9.17) is 5.73 Å². The van der Waals surface area contributed by atoms with Gasteiger partial charge in [0.05, 0.1) is 0 Å². The van der Waals surface area contributed by atoms with Crippen LogP contribution in [0.15, 0.2) is 0 Å². The van der Waals surface area contributed by atoms with Crippen LogP contribution in [0.4, 0.5) is 0 Å². The van der Waals surface area contributed by atoms with E-state index in [2.05, 4.69) is 0 Å². The van der Waals surface area contributed by atoms with Crippen LogP contribution in [-0.4, -0.2) is 6.04 Å². The molecule has 0 amide bonds. The Balaban J connectivity index is 0.000000480. The van der Waals surface area contributed by atoms with Gasteiger partial charge in [-0.2, -0.15) is 0 Å². The topological polar surface area (TPSA) is 26.0 Å². The average Bonchev–Trinajstić information content (AvgIpc) is 2.26. The zero-order chi connectivity index (χ0) is 6.82. The molecule has 64 valence electrons. The average molecular weight is 174 g/mol. The first kappa shape index (κ1) is 7.88. The predicted molar refractivity (Wildman–Crippen MR) is 47.8 cm³/mol. The highest BCUT2D eigenvalue weighted by atomic mass is 35.5. The number of hydrogen-bond acceptors (Lipinski definition) is 1. The van der Waals surface area contributed by atoms with Crippen molar-refractivity contribution in [1.82, 2.24) is 0 Å². The van der Waals surface area contributed by atoms with Crippen LogP contribution in [-0.2, 0) is 0 Å². The summed E-state index contributed by atoms with van der Waals surface area (Å²) in [6.07, 6.45) is 8.72. The maximum atomic E-state index is 6.10. The maximum absolute atomic E-state index is 6.10. The number of hydrogen-bond donors (Lipinski definition) is 1. The summed E-state index contributed by atoms with van der Waals surface area (Å²) < 4.78 is 0. The molecule has 0 aromatic heterocycles. The highest BCUT2D eigenvalue weighted by Gasteiger charge is 2.77. The van der Waals surface area contributed by atoms with Gasteiger partial charge in [0.2, 0.25) is 0 Å². The van der Waals surface area contributed by atoms with E-state index in [0.29, 0.717) is 16.9 Å². The monoisotopic (exact) mass is 173 g/mol. The molecule has 3 aliphatic rings. The number of rotatable bonds is 0. The van der Waals surface area contributed by atoms with Gasteiger partial charge in [-0.1, -0.05) is 12.8 Å². The van der Waals surface area contributed by atoms with Gasteiger partial charge >= 0.3 is 0 Å². The van der Waals surface area contributed by atoms with Crippen LogP contribution in [0.5, 0.6) is 0 Å². The lowest BCUT2D eigenvalue weighted by atomic mass is 9.67. The third-order valence-corrected chi connectivity index (χ3v) is 4.59. The summed E-state index contributed by atoms with van der Waals surface area (Å²) in [7, 11) is 0. The van der Waals surface area contributed by atoms with E-state index in [1.54, 1.807) is 0 Å². The lowest BCUT2D eigenvalue weighted by Crippen LogP contribution is -2.26. The maximum Gasteiger partial charge on any atom is 0.0164 e. The fraction of sp³-hybridized carbons (Fsp3) is 1.00. The molecule has 2 heteroatoms. The van der Waals surface area contributed by atoms with E-state index in [-0.39, 0.29) is 12.4 Å². The molecule has 0 atom stereocenters. The predicted octanol–water partition coefficient (Wildman–Crippen LogP) is 2.09. The molecule has 0 unspecified atom stereocenters. The van der Waals surface area contributed by atoms with Crippen molar-refractivity contribution < 1.29 is 0 Å². The minimum atomic E-state index is 0. The molecule has 0 radical (unpaired) electrons. The second-order valence-corrected chi connectivity index (χ2v) is 4.50. The number of fused-ring (bicyclic) bond motifs is 1.